The van der Waals surface area contributed by atoms with Gasteiger partial charge in [0.05, 0.1) is 11.6 Å². The third kappa shape index (κ3) is 7.14. The molecule has 0 unspecified atom stereocenters. The van der Waals surface area contributed by atoms with Gasteiger partial charge in [0.15, 0.2) is 6.29 Å². The Morgan fingerprint density at radius 1 is 1.35 bits per heavy atom. The van der Waals surface area contributed by atoms with Crippen LogP contribution in [0.1, 0.15) is 57.8 Å². The maximum absolute atomic E-state index is 12.8. The molecule has 1 rings (SSSR count). The maximum Gasteiger partial charge on any atom is 0.241 e. The molecule has 1 aromatic carbocycles. The predicted molar refractivity (Wildman–Crippen MR) is 106 cm³/mol. The first-order chi connectivity index (χ1) is 12.2. The summed E-state index contributed by atoms with van der Waals surface area (Å²) in [7, 11) is 0. The molecule has 1 amide bonds. The third-order valence-electron chi connectivity index (χ3n) is 4.25. The number of aldehydes is 1. The Balaban J connectivity index is 2.92. The molecule has 146 valence electrons. The second-order valence-electron chi connectivity index (χ2n) is 7.56. The van der Waals surface area contributed by atoms with Crippen molar-refractivity contribution in [1.29, 1.82) is 0 Å². The van der Waals surface area contributed by atoms with Crippen LogP contribution in [-0.2, 0) is 4.79 Å². The number of anilines is 1. The number of ether oxygens (including phenoxy) is 1. The summed E-state index contributed by atoms with van der Waals surface area (Å²) in [4.78, 5) is 24.1. The van der Waals surface area contributed by atoms with Gasteiger partial charge in [-0.3, -0.25) is 9.59 Å². The van der Waals surface area contributed by atoms with Crippen molar-refractivity contribution < 1.29 is 14.3 Å². The summed E-state index contributed by atoms with van der Waals surface area (Å²) in [5.74, 6) is 0.739. The number of rotatable bonds is 11. The largest absolute Gasteiger partial charge is 0.492 e. The summed E-state index contributed by atoms with van der Waals surface area (Å²) in [6, 6.07) is 4.72. The molecule has 0 aliphatic rings. The van der Waals surface area contributed by atoms with Gasteiger partial charge in [-0.2, -0.15) is 0 Å². The van der Waals surface area contributed by atoms with Gasteiger partial charge in [0, 0.05) is 17.8 Å². The Labute approximate surface area is 156 Å². The monoisotopic (exact) mass is 363 g/mol. The molecule has 0 aliphatic heterocycles. The van der Waals surface area contributed by atoms with E-state index >= 15 is 0 Å². The summed E-state index contributed by atoms with van der Waals surface area (Å²) in [6.45, 7) is 11.1. The van der Waals surface area contributed by atoms with Gasteiger partial charge in [0.1, 0.15) is 12.4 Å². The fourth-order valence-electron chi connectivity index (χ4n) is 2.52. The van der Waals surface area contributed by atoms with Crippen LogP contribution in [0, 0.1) is 5.92 Å². The molecule has 6 heteroatoms. The number of nitrogens with two attached hydrogens (primary N) is 1. The van der Waals surface area contributed by atoms with Gasteiger partial charge in [-0.25, -0.2) is 0 Å². The minimum atomic E-state index is -0.308. The average Bonchev–Trinajstić information content (AvgIpc) is 2.59. The van der Waals surface area contributed by atoms with Crippen LogP contribution in [0.2, 0.25) is 0 Å². The fourth-order valence-corrected chi connectivity index (χ4v) is 2.52. The van der Waals surface area contributed by atoms with Crippen molar-refractivity contribution in [3.63, 3.8) is 0 Å². The van der Waals surface area contributed by atoms with E-state index < -0.39 is 0 Å². The fraction of sp³-hybridized carbons (Fsp3) is 0.600. The van der Waals surface area contributed by atoms with Crippen molar-refractivity contribution in [2.45, 2.75) is 59.0 Å². The highest BCUT2D eigenvalue weighted by atomic mass is 16.5. The van der Waals surface area contributed by atoms with Crippen LogP contribution in [0.5, 0.6) is 5.75 Å². The molecule has 0 fully saturated rings. The van der Waals surface area contributed by atoms with E-state index in [1.54, 1.807) is 18.2 Å². The molecule has 0 radical (unpaired) electrons. The molecule has 0 spiro atoms. The quantitative estimate of drug-likeness (QED) is 0.526. The van der Waals surface area contributed by atoms with Crippen LogP contribution in [0.15, 0.2) is 18.2 Å². The van der Waals surface area contributed by atoms with E-state index in [1.165, 1.54) is 0 Å². The zero-order chi connectivity index (χ0) is 19.7. The lowest BCUT2D eigenvalue weighted by atomic mass is 9.96. The second kappa shape index (κ2) is 10.3. The van der Waals surface area contributed by atoms with E-state index in [0.717, 1.165) is 12.8 Å². The smallest absolute Gasteiger partial charge is 0.241 e. The van der Waals surface area contributed by atoms with E-state index in [9.17, 15) is 9.59 Å². The SMILES string of the molecule is CCC(C)(C)N[C@@H](CC(C)C)C(=O)Nc1ccc(OCCN)c(C=O)c1. The van der Waals surface area contributed by atoms with E-state index in [2.05, 4.69) is 45.3 Å². The number of nitrogens with one attached hydrogen (secondary N) is 2. The molecule has 0 saturated carbocycles. The minimum absolute atomic E-state index is 0.104. The van der Waals surface area contributed by atoms with Crippen molar-refractivity contribution in [1.82, 2.24) is 5.32 Å². The lowest BCUT2D eigenvalue weighted by Crippen LogP contribution is -2.51. The van der Waals surface area contributed by atoms with Crippen molar-refractivity contribution >= 4 is 17.9 Å². The van der Waals surface area contributed by atoms with Crippen LogP contribution in [0.3, 0.4) is 0 Å². The van der Waals surface area contributed by atoms with Gasteiger partial charge in [0.2, 0.25) is 5.91 Å². The Morgan fingerprint density at radius 3 is 2.58 bits per heavy atom. The molecule has 0 aromatic heterocycles. The first kappa shape index (κ1) is 22.1. The molecule has 0 saturated heterocycles. The second-order valence-corrected chi connectivity index (χ2v) is 7.56. The Hall–Kier alpha value is -1.92. The molecule has 1 atom stereocenters. The molecule has 26 heavy (non-hydrogen) atoms. The predicted octanol–water partition coefficient (Wildman–Crippen LogP) is 2.97. The number of hydrogen-bond acceptors (Lipinski definition) is 5. The standard InChI is InChI=1S/C20H33N3O3/c1-6-20(4,5)23-17(11-14(2)3)19(25)22-16-7-8-18(26-10-9-21)15(12-16)13-24/h7-8,12-14,17,23H,6,9-11,21H2,1-5H3,(H,22,25)/t17-/m0/s1. The van der Waals surface area contributed by atoms with Crippen molar-refractivity contribution in [3.05, 3.63) is 23.8 Å². The minimum Gasteiger partial charge on any atom is -0.492 e. The van der Waals surface area contributed by atoms with Gasteiger partial charge in [-0.05, 0) is 50.8 Å². The van der Waals surface area contributed by atoms with Gasteiger partial charge < -0.3 is 21.1 Å². The molecule has 4 N–H and O–H groups in total. The summed E-state index contributed by atoms with van der Waals surface area (Å²) < 4.78 is 5.44. The van der Waals surface area contributed by atoms with E-state index in [0.29, 0.717) is 42.4 Å². The maximum atomic E-state index is 12.8. The normalized spacial score (nSPS) is 12.7. The highest BCUT2D eigenvalue weighted by Crippen LogP contribution is 2.22. The number of carbonyl (C=O) groups excluding carboxylic acids is 2. The van der Waals surface area contributed by atoms with Crippen LogP contribution in [-0.4, -0.2) is 36.9 Å². The van der Waals surface area contributed by atoms with Gasteiger partial charge in [0.25, 0.3) is 0 Å². The first-order valence-electron chi connectivity index (χ1n) is 9.23. The molecular weight excluding hydrogens is 330 g/mol. The molecule has 6 nitrogen and oxygen atoms in total. The zero-order valence-corrected chi connectivity index (χ0v) is 16.6. The Bertz CT molecular complexity index is 600. The number of benzene rings is 1. The zero-order valence-electron chi connectivity index (χ0n) is 16.6. The summed E-state index contributed by atoms with van der Waals surface area (Å²) in [6.07, 6.45) is 2.36. The molecule has 0 heterocycles. The van der Waals surface area contributed by atoms with Gasteiger partial charge >= 0.3 is 0 Å². The third-order valence-corrected chi connectivity index (χ3v) is 4.25. The summed E-state index contributed by atoms with van der Waals surface area (Å²) in [5, 5.41) is 6.35. The number of carbonyl (C=O) groups is 2. The van der Waals surface area contributed by atoms with E-state index in [1.807, 2.05) is 0 Å². The highest BCUT2D eigenvalue weighted by Gasteiger charge is 2.26. The number of amides is 1. The van der Waals surface area contributed by atoms with Crippen LogP contribution in [0.4, 0.5) is 5.69 Å². The summed E-state index contributed by atoms with van der Waals surface area (Å²) in [5.41, 5.74) is 6.25. The first-order valence-corrected chi connectivity index (χ1v) is 9.23. The lowest BCUT2D eigenvalue weighted by molar-refractivity contribution is -0.119. The van der Waals surface area contributed by atoms with Crippen LogP contribution in [0.25, 0.3) is 0 Å². The van der Waals surface area contributed by atoms with Crippen LogP contribution >= 0.6 is 0 Å². The Morgan fingerprint density at radius 2 is 2.04 bits per heavy atom. The topological polar surface area (TPSA) is 93.4 Å². The molecule has 0 aliphatic carbocycles. The lowest BCUT2D eigenvalue weighted by Gasteiger charge is -2.31. The van der Waals surface area contributed by atoms with E-state index in [-0.39, 0.29) is 17.5 Å². The van der Waals surface area contributed by atoms with Crippen molar-refractivity contribution in [2.75, 3.05) is 18.5 Å². The summed E-state index contributed by atoms with van der Waals surface area (Å²) >= 11 is 0. The van der Waals surface area contributed by atoms with Crippen LogP contribution < -0.4 is 21.1 Å². The van der Waals surface area contributed by atoms with Crippen molar-refractivity contribution in [2.24, 2.45) is 11.7 Å². The number of hydrogen-bond donors (Lipinski definition) is 3. The van der Waals surface area contributed by atoms with E-state index in [4.69, 9.17) is 10.5 Å². The Kier molecular flexibility index (Phi) is 8.75. The highest BCUT2D eigenvalue weighted by molar-refractivity contribution is 5.96. The molecule has 1 aromatic rings. The van der Waals surface area contributed by atoms with Gasteiger partial charge in [-0.1, -0.05) is 20.8 Å². The van der Waals surface area contributed by atoms with Gasteiger partial charge in [-0.15, -0.1) is 0 Å². The molecular formula is C20H33N3O3. The van der Waals surface area contributed by atoms with Crippen molar-refractivity contribution in [3.8, 4) is 5.75 Å². The average molecular weight is 364 g/mol. The molecule has 0 bridgehead atoms.